The van der Waals surface area contributed by atoms with Gasteiger partial charge in [0.1, 0.15) is 0 Å². The molecule has 1 unspecified atom stereocenters. The zero-order valence-corrected chi connectivity index (χ0v) is 13.4. The predicted octanol–water partition coefficient (Wildman–Crippen LogP) is 4.96. The van der Waals surface area contributed by atoms with Gasteiger partial charge in [0.15, 0.2) is 0 Å². The molecule has 0 bridgehead atoms. The number of halogens is 1. The summed E-state index contributed by atoms with van der Waals surface area (Å²) in [5.74, 6) is 0. The average Bonchev–Trinajstić information content (AvgIpc) is 2.42. The molecule has 0 radical (unpaired) electrons. The van der Waals surface area contributed by atoms with Gasteiger partial charge in [-0.05, 0) is 67.3 Å². The molecule has 2 rings (SSSR count). The van der Waals surface area contributed by atoms with Crippen molar-refractivity contribution < 1.29 is 0 Å². The average molecular weight is 288 g/mol. The lowest BCUT2D eigenvalue weighted by Gasteiger charge is -2.22. The Bertz CT molecular complexity index is 604. The molecule has 0 aliphatic rings. The van der Waals surface area contributed by atoms with Crippen LogP contribution in [0.3, 0.4) is 0 Å². The van der Waals surface area contributed by atoms with Crippen LogP contribution in [0, 0.1) is 20.8 Å². The van der Waals surface area contributed by atoms with Crippen LogP contribution in [-0.4, -0.2) is 6.54 Å². The highest BCUT2D eigenvalue weighted by Gasteiger charge is 2.16. The molecule has 0 spiro atoms. The number of hydrogen-bond acceptors (Lipinski definition) is 1. The van der Waals surface area contributed by atoms with Crippen molar-refractivity contribution >= 4 is 11.6 Å². The van der Waals surface area contributed by atoms with Gasteiger partial charge in [-0.25, -0.2) is 0 Å². The summed E-state index contributed by atoms with van der Waals surface area (Å²) in [4.78, 5) is 0. The van der Waals surface area contributed by atoms with Gasteiger partial charge in [-0.3, -0.25) is 0 Å². The van der Waals surface area contributed by atoms with Crippen LogP contribution in [0.2, 0.25) is 5.02 Å². The van der Waals surface area contributed by atoms with E-state index in [1.807, 2.05) is 6.07 Å². The second-order valence-corrected chi connectivity index (χ2v) is 5.77. The first-order chi connectivity index (χ1) is 9.52. The predicted molar refractivity (Wildman–Crippen MR) is 87.6 cm³/mol. The Labute approximate surface area is 127 Å². The van der Waals surface area contributed by atoms with Gasteiger partial charge in [-0.2, -0.15) is 0 Å². The van der Waals surface area contributed by atoms with Crippen molar-refractivity contribution in [1.29, 1.82) is 0 Å². The topological polar surface area (TPSA) is 12.0 Å². The van der Waals surface area contributed by atoms with E-state index in [9.17, 15) is 0 Å². The van der Waals surface area contributed by atoms with Crippen LogP contribution in [0.15, 0.2) is 36.4 Å². The second-order valence-electron chi connectivity index (χ2n) is 5.34. The van der Waals surface area contributed by atoms with Crippen LogP contribution in [0.4, 0.5) is 0 Å². The van der Waals surface area contributed by atoms with E-state index in [1.54, 1.807) is 0 Å². The second kappa shape index (κ2) is 6.43. The standard InChI is InChI=1S/C18H22ClN/c1-5-20-18(15-8-6-12(2)14(4)10-15)17-11-16(19)9-7-13(17)3/h6-11,18,20H,5H2,1-4H3. The molecule has 0 fully saturated rings. The summed E-state index contributed by atoms with van der Waals surface area (Å²) in [6.45, 7) is 9.49. The van der Waals surface area contributed by atoms with Crippen molar-refractivity contribution in [3.05, 3.63) is 69.2 Å². The summed E-state index contributed by atoms with van der Waals surface area (Å²) >= 11 is 6.18. The van der Waals surface area contributed by atoms with Crippen molar-refractivity contribution in [3.8, 4) is 0 Å². The maximum Gasteiger partial charge on any atom is 0.0579 e. The SMILES string of the molecule is CCNC(c1ccc(C)c(C)c1)c1cc(Cl)ccc1C. The fourth-order valence-corrected chi connectivity index (χ4v) is 2.66. The van der Waals surface area contributed by atoms with E-state index in [0.29, 0.717) is 0 Å². The molecule has 0 amide bonds. The van der Waals surface area contributed by atoms with E-state index in [2.05, 4.69) is 63.3 Å². The molecule has 0 aliphatic heterocycles. The van der Waals surface area contributed by atoms with Crippen molar-refractivity contribution in [3.63, 3.8) is 0 Å². The molecular formula is C18H22ClN. The third-order valence-electron chi connectivity index (χ3n) is 3.82. The van der Waals surface area contributed by atoms with Gasteiger partial charge in [0.25, 0.3) is 0 Å². The molecule has 2 aromatic rings. The van der Waals surface area contributed by atoms with E-state index in [0.717, 1.165) is 11.6 Å². The Morgan fingerprint density at radius 1 is 0.950 bits per heavy atom. The van der Waals surface area contributed by atoms with E-state index in [4.69, 9.17) is 11.6 Å². The van der Waals surface area contributed by atoms with E-state index in [-0.39, 0.29) is 6.04 Å². The van der Waals surface area contributed by atoms with Gasteiger partial charge >= 0.3 is 0 Å². The minimum atomic E-state index is 0.193. The zero-order chi connectivity index (χ0) is 14.7. The molecule has 1 nitrogen and oxygen atoms in total. The lowest BCUT2D eigenvalue weighted by Crippen LogP contribution is -2.23. The molecule has 0 aliphatic carbocycles. The highest BCUT2D eigenvalue weighted by molar-refractivity contribution is 6.30. The minimum Gasteiger partial charge on any atom is -0.307 e. The highest BCUT2D eigenvalue weighted by atomic mass is 35.5. The zero-order valence-electron chi connectivity index (χ0n) is 12.6. The van der Waals surface area contributed by atoms with E-state index in [1.165, 1.54) is 27.8 Å². The lowest BCUT2D eigenvalue weighted by atomic mass is 9.93. The van der Waals surface area contributed by atoms with Gasteiger partial charge in [-0.15, -0.1) is 0 Å². The normalized spacial score (nSPS) is 12.4. The van der Waals surface area contributed by atoms with Crippen molar-refractivity contribution in [1.82, 2.24) is 5.32 Å². The quantitative estimate of drug-likeness (QED) is 0.838. The largest absolute Gasteiger partial charge is 0.307 e. The number of rotatable bonds is 4. The highest BCUT2D eigenvalue weighted by Crippen LogP contribution is 2.28. The van der Waals surface area contributed by atoms with Crippen molar-refractivity contribution in [2.75, 3.05) is 6.54 Å². The number of hydrogen-bond donors (Lipinski definition) is 1. The first kappa shape index (κ1) is 15.1. The smallest absolute Gasteiger partial charge is 0.0579 e. The molecule has 0 aromatic heterocycles. The maximum atomic E-state index is 6.18. The van der Waals surface area contributed by atoms with Gasteiger partial charge in [0.2, 0.25) is 0 Å². The maximum absolute atomic E-state index is 6.18. The van der Waals surface area contributed by atoms with Crippen LogP contribution < -0.4 is 5.32 Å². The lowest BCUT2D eigenvalue weighted by molar-refractivity contribution is 0.627. The summed E-state index contributed by atoms with van der Waals surface area (Å²) < 4.78 is 0. The monoisotopic (exact) mass is 287 g/mol. The molecule has 0 heterocycles. The summed E-state index contributed by atoms with van der Waals surface area (Å²) in [5.41, 5.74) is 6.46. The number of benzene rings is 2. The Hall–Kier alpha value is -1.31. The van der Waals surface area contributed by atoms with E-state index >= 15 is 0 Å². The molecule has 1 atom stereocenters. The summed E-state index contributed by atoms with van der Waals surface area (Å²) in [7, 11) is 0. The van der Waals surface area contributed by atoms with Gasteiger partial charge in [0.05, 0.1) is 6.04 Å². The Morgan fingerprint density at radius 2 is 1.65 bits per heavy atom. The first-order valence-electron chi connectivity index (χ1n) is 7.09. The van der Waals surface area contributed by atoms with Crippen molar-refractivity contribution in [2.45, 2.75) is 33.7 Å². The Balaban J connectivity index is 2.49. The van der Waals surface area contributed by atoms with Crippen LogP contribution in [0.5, 0.6) is 0 Å². The minimum absolute atomic E-state index is 0.193. The van der Waals surface area contributed by atoms with Crippen LogP contribution in [0.1, 0.15) is 40.8 Å². The van der Waals surface area contributed by atoms with Gasteiger partial charge in [0, 0.05) is 5.02 Å². The fourth-order valence-electron chi connectivity index (χ4n) is 2.48. The third kappa shape index (κ3) is 3.23. The van der Waals surface area contributed by atoms with Crippen LogP contribution in [-0.2, 0) is 0 Å². The molecular weight excluding hydrogens is 266 g/mol. The number of aryl methyl sites for hydroxylation is 3. The van der Waals surface area contributed by atoms with Gasteiger partial charge in [-0.1, -0.05) is 42.8 Å². The Kier molecular flexibility index (Phi) is 4.85. The molecule has 2 heteroatoms. The van der Waals surface area contributed by atoms with Gasteiger partial charge < -0.3 is 5.32 Å². The summed E-state index contributed by atoms with van der Waals surface area (Å²) in [5, 5.41) is 4.36. The Morgan fingerprint density at radius 3 is 2.30 bits per heavy atom. The third-order valence-corrected chi connectivity index (χ3v) is 4.06. The van der Waals surface area contributed by atoms with E-state index < -0.39 is 0 Å². The molecule has 106 valence electrons. The number of nitrogens with one attached hydrogen (secondary N) is 1. The molecule has 0 saturated carbocycles. The first-order valence-corrected chi connectivity index (χ1v) is 7.47. The fraction of sp³-hybridized carbons (Fsp3) is 0.333. The molecule has 20 heavy (non-hydrogen) atoms. The van der Waals surface area contributed by atoms with Crippen LogP contribution >= 0.6 is 11.6 Å². The molecule has 0 saturated heterocycles. The van der Waals surface area contributed by atoms with Crippen molar-refractivity contribution in [2.24, 2.45) is 0 Å². The summed E-state index contributed by atoms with van der Waals surface area (Å²) in [6, 6.07) is 13.0. The summed E-state index contributed by atoms with van der Waals surface area (Å²) in [6.07, 6.45) is 0. The molecule has 2 aromatic carbocycles. The van der Waals surface area contributed by atoms with Crippen LogP contribution in [0.25, 0.3) is 0 Å². The molecule has 1 N–H and O–H groups in total.